The number of para-hydroxylation sites is 1. The van der Waals surface area contributed by atoms with Crippen molar-refractivity contribution in [3.05, 3.63) is 27.8 Å². The van der Waals surface area contributed by atoms with E-state index in [2.05, 4.69) is 41.8 Å². The zero-order valence-corrected chi connectivity index (χ0v) is 13.2. The fourth-order valence-electron chi connectivity index (χ4n) is 2.76. The Balaban J connectivity index is 2.10. The molecule has 1 aliphatic rings. The summed E-state index contributed by atoms with van der Waals surface area (Å²) >= 11 is 2.26. The van der Waals surface area contributed by atoms with Crippen molar-refractivity contribution in [2.24, 2.45) is 11.3 Å². The Morgan fingerprint density at radius 1 is 1.33 bits per heavy atom. The van der Waals surface area contributed by atoms with Crippen LogP contribution in [0.3, 0.4) is 0 Å². The molecule has 0 saturated heterocycles. The van der Waals surface area contributed by atoms with Gasteiger partial charge in [0.2, 0.25) is 5.91 Å². The van der Waals surface area contributed by atoms with Crippen LogP contribution >= 0.6 is 22.6 Å². The van der Waals surface area contributed by atoms with Crippen molar-refractivity contribution in [1.29, 1.82) is 0 Å². The lowest BCUT2D eigenvalue weighted by molar-refractivity contribution is -0.124. The number of rotatable bonds is 2. The fraction of sp³-hybridized carbons (Fsp3) is 0.533. The molecule has 18 heavy (non-hydrogen) atoms. The zero-order valence-electron chi connectivity index (χ0n) is 11.0. The molecule has 2 nitrogen and oxygen atoms in total. The van der Waals surface area contributed by atoms with Crippen molar-refractivity contribution in [1.82, 2.24) is 0 Å². The molecule has 0 aliphatic heterocycles. The molecule has 1 amide bonds. The Bertz CT molecular complexity index is 442. The summed E-state index contributed by atoms with van der Waals surface area (Å²) in [6.45, 7) is 4.43. The van der Waals surface area contributed by atoms with Crippen molar-refractivity contribution in [3.8, 4) is 0 Å². The average molecular weight is 357 g/mol. The highest BCUT2D eigenvalue weighted by Gasteiger charge is 2.37. The highest BCUT2D eigenvalue weighted by Crippen LogP contribution is 2.41. The lowest BCUT2D eigenvalue weighted by atomic mass is 9.68. The van der Waals surface area contributed by atoms with E-state index in [0.717, 1.165) is 22.1 Å². The Labute approximate surface area is 123 Å². The van der Waals surface area contributed by atoms with Crippen LogP contribution in [0.5, 0.6) is 0 Å². The normalized spacial score (nSPS) is 22.5. The van der Waals surface area contributed by atoms with Gasteiger partial charge in [-0.2, -0.15) is 0 Å². The number of anilines is 1. The molecule has 1 fully saturated rings. The minimum atomic E-state index is 0.128. The molecule has 98 valence electrons. The molecule has 0 heterocycles. The number of amides is 1. The number of benzene rings is 1. The highest BCUT2D eigenvalue weighted by atomic mass is 127. The van der Waals surface area contributed by atoms with E-state index in [9.17, 15) is 4.79 Å². The molecule has 0 radical (unpaired) electrons. The van der Waals surface area contributed by atoms with E-state index in [-0.39, 0.29) is 17.2 Å². The van der Waals surface area contributed by atoms with Gasteiger partial charge in [0.15, 0.2) is 0 Å². The molecule has 0 bridgehead atoms. The van der Waals surface area contributed by atoms with E-state index in [1.54, 1.807) is 0 Å². The second-order valence-corrected chi connectivity index (χ2v) is 6.92. The van der Waals surface area contributed by atoms with Gasteiger partial charge in [-0.1, -0.05) is 38.8 Å². The second kappa shape index (κ2) is 5.59. The van der Waals surface area contributed by atoms with Gasteiger partial charge in [-0.3, -0.25) is 4.79 Å². The molecule has 1 saturated carbocycles. The number of carbonyl (C=O) groups is 1. The van der Waals surface area contributed by atoms with Gasteiger partial charge < -0.3 is 5.32 Å². The van der Waals surface area contributed by atoms with Crippen molar-refractivity contribution in [3.63, 3.8) is 0 Å². The van der Waals surface area contributed by atoms with Gasteiger partial charge in [0, 0.05) is 9.49 Å². The lowest BCUT2D eigenvalue weighted by Crippen LogP contribution is -2.37. The van der Waals surface area contributed by atoms with Gasteiger partial charge in [-0.05, 0) is 53.0 Å². The Morgan fingerprint density at radius 2 is 2.06 bits per heavy atom. The summed E-state index contributed by atoms with van der Waals surface area (Å²) in [6.07, 6.45) is 4.59. The molecule has 1 unspecified atom stereocenters. The van der Waals surface area contributed by atoms with E-state index in [0.29, 0.717) is 0 Å². The maximum Gasteiger partial charge on any atom is 0.228 e. The summed E-state index contributed by atoms with van der Waals surface area (Å²) in [6, 6.07) is 7.93. The van der Waals surface area contributed by atoms with Gasteiger partial charge in [-0.15, -0.1) is 0 Å². The Morgan fingerprint density at radius 3 is 2.72 bits per heavy atom. The number of hydrogen-bond donors (Lipinski definition) is 1. The summed E-state index contributed by atoms with van der Waals surface area (Å²) in [5.74, 6) is 0.325. The molecule has 1 aromatic rings. The van der Waals surface area contributed by atoms with Gasteiger partial charge >= 0.3 is 0 Å². The third-order valence-corrected chi connectivity index (χ3v) is 4.90. The number of carbonyl (C=O) groups excluding carboxylic acids is 1. The smallest absolute Gasteiger partial charge is 0.228 e. The minimum absolute atomic E-state index is 0.128. The average Bonchev–Trinajstić information content (AvgIpc) is 2.31. The number of hydrogen-bond acceptors (Lipinski definition) is 1. The summed E-state index contributed by atoms with van der Waals surface area (Å²) in [5.41, 5.74) is 1.06. The predicted octanol–water partition coefficient (Wildman–Crippen LogP) is 4.45. The van der Waals surface area contributed by atoms with Crippen LogP contribution < -0.4 is 5.32 Å². The van der Waals surface area contributed by atoms with Crippen molar-refractivity contribution < 1.29 is 4.79 Å². The molecule has 1 aliphatic carbocycles. The zero-order chi connectivity index (χ0) is 13.2. The van der Waals surface area contributed by atoms with Crippen LogP contribution in [0.4, 0.5) is 5.69 Å². The molecule has 2 rings (SSSR count). The van der Waals surface area contributed by atoms with Crippen molar-refractivity contribution in [2.45, 2.75) is 39.5 Å². The van der Waals surface area contributed by atoms with Gasteiger partial charge in [0.1, 0.15) is 0 Å². The monoisotopic (exact) mass is 357 g/mol. The molecule has 3 heteroatoms. The third-order valence-electron chi connectivity index (χ3n) is 3.96. The van der Waals surface area contributed by atoms with E-state index in [1.165, 1.54) is 12.8 Å². The first kappa shape index (κ1) is 13.8. The Kier molecular flexibility index (Phi) is 4.30. The Hall–Kier alpha value is -0.580. The summed E-state index contributed by atoms with van der Waals surface area (Å²) in [4.78, 5) is 12.4. The molecule has 0 aromatic heterocycles. The topological polar surface area (TPSA) is 29.1 Å². The van der Waals surface area contributed by atoms with Crippen LogP contribution in [0.1, 0.15) is 39.5 Å². The minimum Gasteiger partial charge on any atom is -0.325 e. The van der Waals surface area contributed by atoms with Crippen molar-refractivity contribution in [2.75, 3.05) is 5.32 Å². The summed E-state index contributed by atoms with van der Waals surface area (Å²) in [5, 5.41) is 3.09. The first-order valence-electron chi connectivity index (χ1n) is 6.56. The maximum absolute atomic E-state index is 12.4. The third kappa shape index (κ3) is 3.05. The quantitative estimate of drug-likeness (QED) is 0.779. The summed E-state index contributed by atoms with van der Waals surface area (Å²) in [7, 11) is 0. The van der Waals surface area contributed by atoms with Gasteiger partial charge in [-0.25, -0.2) is 0 Å². The SMILES string of the molecule is CC1(C)CCCCC1C(=O)Nc1ccccc1I. The van der Waals surface area contributed by atoms with E-state index in [1.807, 2.05) is 24.3 Å². The molecule has 1 atom stereocenters. The van der Waals surface area contributed by atoms with Crippen LogP contribution in [0, 0.1) is 14.9 Å². The van der Waals surface area contributed by atoms with E-state index >= 15 is 0 Å². The van der Waals surface area contributed by atoms with E-state index < -0.39 is 0 Å². The molecule has 1 N–H and O–H groups in total. The standard InChI is InChI=1S/C15H20INO/c1-15(2)10-6-5-7-11(15)14(18)17-13-9-4-3-8-12(13)16/h3-4,8-9,11H,5-7,10H2,1-2H3,(H,17,18). The van der Waals surface area contributed by atoms with Crippen LogP contribution in [-0.2, 0) is 4.79 Å². The van der Waals surface area contributed by atoms with Crippen molar-refractivity contribution >= 4 is 34.2 Å². The van der Waals surface area contributed by atoms with Crippen LogP contribution in [0.15, 0.2) is 24.3 Å². The molecule has 0 spiro atoms. The maximum atomic E-state index is 12.4. The predicted molar refractivity (Wildman–Crippen MR) is 83.5 cm³/mol. The highest BCUT2D eigenvalue weighted by molar-refractivity contribution is 14.1. The number of halogens is 1. The van der Waals surface area contributed by atoms with Crippen LogP contribution in [0.2, 0.25) is 0 Å². The first-order chi connectivity index (χ1) is 8.50. The second-order valence-electron chi connectivity index (χ2n) is 5.76. The first-order valence-corrected chi connectivity index (χ1v) is 7.64. The largest absolute Gasteiger partial charge is 0.325 e. The van der Waals surface area contributed by atoms with E-state index in [4.69, 9.17) is 0 Å². The fourth-order valence-corrected chi connectivity index (χ4v) is 3.28. The van der Waals surface area contributed by atoms with Crippen LogP contribution in [-0.4, -0.2) is 5.91 Å². The lowest BCUT2D eigenvalue weighted by Gasteiger charge is -2.37. The molecular weight excluding hydrogens is 337 g/mol. The molecule has 1 aromatic carbocycles. The van der Waals surface area contributed by atoms with Gasteiger partial charge in [0.25, 0.3) is 0 Å². The van der Waals surface area contributed by atoms with Gasteiger partial charge in [0.05, 0.1) is 5.69 Å². The number of nitrogens with one attached hydrogen (secondary N) is 1. The van der Waals surface area contributed by atoms with Crippen LogP contribution in [0.25, 0.3) is 0 Å². The molecular formula is C15H20INO. The summed E-state index contributed by atoms with van der Waals surface area (Å²) < 4.78 is 1.09.